The molecule has 0 saturated carbocycles. The van der Waals surface area contributed by atoms with Gasteiger partial charge in [-0.25, -0.2) is 0 Å². The molecule has 2 aromatic carbocycles. The van der Waals surface area contributed by atoms with Crippen LogP contribution in [0.15, 0.2) is 54.7 Å². The summed E-state index contributed by atoms with van der Waals surface area (Å²) in [6.45, 7) is 3.17. The number of pyridine rings is 1. The van der Waals surface area contributed by atoms with Crippen LogP contribution in [0.5, 0.6) is 11.5 Å². The lowest BCUT2D eigenvalue weighted by Gasteiger charge is -2.12. The third-order valence-corrected chi connectivity index (χ3v) is 4.33. The Hall–Kier alpha value is -3.08. The van der Waals surface area contributed by atoms with Gasteiger partial charge in [-0.2, -0.15) is 0 Å². The predicted molar refractivity (Wildman–Crippen MR) is 106 cm³/mol. The highest BCUT2D eigenvalue weighted by atomic mass is 16.5. The summed E-state index contributed by atoms with van der Waals surface area (Å²) in [7, 11) is 1.62. The molecule has 0 aliphatic heterocycles. The van der Waals surface area contributed by atoms with Crippen LogP contribution in [0.25, 0.3) is 10.8 Å². The second-order valence-corrected chi connectivity index (χ2v) is 6.25. The molecule has 1 aromatic heterocycles. The third-order valence-electron chi connectivity index (χ3n) is 4.33. The Morgan fingerprint density at radius 2 is 1.96 bits per heavy atom. The SMILES string of the molecule is CCCCOc1ccc(CNC(=O)c2nccc3ccccc23)cc1OC. The first-order valence-corrected chi connectivity index (χ1v) is 9.14. The Bertz CT molecular complexity index is 919. The molecule has 0 unspecified atom stereocenters. The lowest BCUT2D eigenvalue weighted by molar-refractivity contribution is 0.0947. The highest BCUT2D eigenvalue weighted by molar-refractivity contribution is 6.05. The Morgan fingerprint density at radius 1 is 1.11 bits per heavy atom. The van der Waals surface area contributed by atoms with Crippen molar-refractivity contribution in [2.45, 2.75) is 26.3 Å². The fraction of sp³-hybridized carbons (Fsp3) is 0.273. The van der Waals surface area contributed by atoms with Crippen molar-refractivity contribution in [1.29, 1.82) is 0 Å². The van der Waals surface area contributed by atoms with Gasteiger partial charge in [0, 0.05) is 18.1 Å². The summed E-state index contributed by atoms with van der Waals surface area (Å²) in [5.41, 5.74) is 1.36. The predicted octanol–water partition coefficient (Wildman–Crippen LogP) is 4.35. The van der Waals surface area contributed by atoms with Gasteiger partial charge in [-0.3, -0.25) is 9.78 Å². The number of amides is 1. The molecule has 1 amide bonds. The monoisotopic (exact) mass is 364 g/mol. The molecule has 140 valence electrons. The van der Waals surface area contributed by atoms with E-state index in [4.69, 9.17) is 9.47 Å². The summed E-state index contributed by atoms with van der Waals surface area (Å²) in [6.07, 6.45) is 3.73. The number of ether oxygens (including phenoxy) is 2. The molecular formula is C22H24N2O3. The molecule has 5 heteroatoms. The van der Waals surface area contributed by atoms with Crippen molar-refractivity contribution in [3.8, 4) is 11.5 Å². The first-order valence-electron chi connectivity index (χ1n) is 9.14. The first kappa shape index (κ1) is 18.7. The van der Waals surface area contributed by atoms with E-state index in [1.54, 1.807) is 13.3 Å². The second-order valence-electron chi connectivity index (χ2n) is 6.25. The quantitative estimate of drug-likeness (QED) is 0.604. The Balaban J connectivity index is 1.69. The minimum Gasteiger partial charge on any atom is -0.493 e. The molecule has 1 heterocycles. The maximum atomic E-state index is 12.6. The lowest BCUT2D eigenvalue weighted by Crippen LogP contribution is -2.24. The van der Waals surface area contributed by atoms with E-state index in [0.717, 1.165) is 34.9 Å². The number of hydrogen-bond donors (Lipinski definition) is 1. The van der Waals surface area contributed by atoms with Crippen LogP contribution in [0.4, 0.5) is 0 Å². The average molecular weight is 364 g/mol. The zero-order chi connectivity index (χ0) is 19.1. The molecule has 0 saturated heterocycles. The fourth-order valence-corrected chi connectivity index (χ4v) is 2.83. The Labute approximate surface area is 159 Å². The molecule has 0 bridgehead atoms. The van der Waals surface area contributed by atoms with Gasteiger partial charge in [0.15, 0.2) is 11.5 Å². The number of benzene rings is 2. The summed E-state index contributed by atoms with van der Waals surface area (Å²) in [4.78, 5) is 16.9. The molecule has 3 rings (SSSR count). The van der Waals surface area contributed by atoms with Gasteiger partial charge in [-0.05, 0) is 35.6 Å². The molecule has 0 aliphatic carbocycles. The Kier molecular flexibility index (Phi) is 6.26. The van der Waals surface area contributed by atoms with E-state index in [0.29, 0.717) is 24.6 Å². The van der Waals surface area contributed by atoms with Crippen molar-refractivity contribution in [2.24, 2.45) is 0 Å². The number of nitrogens with zero attached hydrogens (tertiary/aromatic N) is 1. The maximum absolute atomic E-state index is 12.6. The van der Waals surface area contributed by atoms with Crippen LogP contribution in [0.2, 0.25) is 0 Å². The van der Waals surface area contributed by atoms with Crippen LogP contribution in [-0.4, -0.2) is 24.6 Å². The fourth-order valence-electron chi connectivity index (χ4n) is 2.83. The van der Waals surface area contributed by atoms with E-state index in [9.17, 15) is 4.79 Å². The maximum Gasteiger partial charge on any atom is 0.270 e. The summed E-state index contributed by atoms with van der Waals surface area (Å²) in [6, 6.07) is 15.3. The van der Waals surface area contributed by atoms with Crippen molar-refractivity contribution in [3.63, 3.8) is 0 Å². The highest BCUT2D eigenvalue weighted by Crippen LogP contribution is 2.28. The van der Waals surface area contributed by atoms with Gasteiger partial charge in [0.1, 0.15) is 5.69 Å². The molecular weight excluding hydrogens is 340 g/mol. The molecule has 0 spiro atoms. The second kappa shape index (κ2) is 9.03. The van der Waals surface area contributed by atoms with Crippen molar-refractivity contribution in [3.05, 3.63) is 66.0 Å². The molecule has 0 fully saturated rings. The van der Waals surface area contributed by atoms with Crippen molar-refractivity contribution in [1.82, 2.24) is 10.3 Å². The third kappa shape index (κ3) is 4.56. The number of fused-ring (bicyclic) bond motifs is 1. The van der Waals surface area contributed by atoms with Crippen molar-refractivity contribution < 1.29 is 14.3 Å². The number of nitrogens with one attached hydrogen (secondary N) is 1. The minimum atomic E-state index is -0.200. The van der Waals surface area contributed by atoms with Gasteiger partial charge in [0.25, 0.3) is 5.91 Å². The topological polar surface area (TPSA) is 60.5 Å². The van der Waals surface area contributed by atoms with E-state index in [1.807, 2.05) is 48.5 Å². The van der Waals surface area contributed by atoms with Gasteiger partial charge in [-0.15, -0.1) is 0 Å². The normalized spacial score (nSPS) is 10.6. The van der Waals surface area contributed by atoms with Crippen LogP contribution in [0.1, 0.15) is 35.8 Å². The molecule has 0 aliphatic rings. The summed E-state index contributed by atoms with van der Waals surface area (Å²) < 4.78 is 11.2. The van der Waals surface area contributed by atoms with Crippen LogP contribution in [0.3, 0.4) is 0 Å². The van der Waals surface area contributed by atoms with E-state index in [-0.39, 0.29) is 5.91 Å². The number of carbonyl (C=O) groups is 1. The molecule has 27 heavy (non-hydrogen) atoms. The van der Waals surface area contributed by atoms with E-state index in [2.05, 4.69) is 17.2 Å². The number of carbonyl (C=O) groups excluding carboxylic acids is 1. The number of aromatic nitrogens is 1. The number of hydrogen-bond acceptors (Lipinski definition) is 4. The Morgan fingerprint density at radius 3 is 2.78 bits per heavy atom. The van der Waals surface area contributed by atoms with Gasteiger partial charge in [-0.1, -0.05) is 43.7 Å². The number of methoxy groups -OCH3 is 1. The summed E-state index contributed by atoms with van der Waals surface area (Å²) in [5, 5.41) is 4.77. The van der Waals surface area contributed by atoms with E-state index >= 15 is 0 Å². The zero-order valence-corrected chi connectivity index (χ0v) is 15.7. The van der Waals surface area contributed by atoms with E-state index < -0.39 is 0 Å². The highest BCUT2D eigenvalue weighted by Gasteiger charge is 2.12. The van der Waals surface area contributed by atoms with Crippen molar-refractivity contribution in [2.75, 3.05) is 13.7 Å². The molecule has 5 nitrogen and oxygen atoms in total. The van der Waals surface area contributed by atoms with Gasteiger partial charge < -0.3 is 14.8 Å². The minimum absolute atomic E-state index is 0.200. The molecule has 0 radical (unpaired) electrons. The average Bonchev–Trinajstić information content (AvgIpc) is 2.72. The standard InChI is InChI=1S/C22H24N2O3/c1-3-4-13-27-19-10-9-16(14-20(19)26-2)15-24-22(25)21-18-8-6-5-7-17(18)11-12-23-21/h5-12,14H,3-4,13,15H2,1-2H3,(H,24,25). The molecule has 3 aromatic rings. The number of unbranched alkanes of at least 4 members (excludes halogenated alkanes) is 1. The van der Waals surface area contributed by atoms with Crippen LogP contribution in [-0.2, 0) is 6.54 Å². The summed E-state index contributed by atoms with van der Waals surface area (Å²) in [5.74, 6) is 1.19. The zero-order valence-electron chi connectivity index (χ0n) is 15.7. The van der Waals surface area contributed by atoms with Crippen molar-refractivity contribution >= 4 is 16.7 Å². The first-order chi connectivity index (χ1) is 13.2. The summed E-state index contributed by atoms with van der Waals surface area (Å²) >= 11 is 0. The van der Waals surface area contributed by atoms with Gasteiger partial charge in [0.05, 0.1) is 13.7 Å². The van der Waals surface area contributed by atoms with Crippen LogP contribution < -0.4 is 14.8 Å². The largest absolute Gasteiger partial charge is 0.493 e. The smallest absolute Gasteiger partial charge is 0.270 e. The van der Waals surface area contributed by atoms with Crippen LogP contribution >= 0.6 is 0 Å². The number of rotatable bonds is 8. The lowest BCUT2D eigenvalue weighted by atomic mass is 10.1. The van der Waals surface area contributed by atoms with Crippen LogP contribution in [0, 0.1) is 0 Å². The molecule has 1 N–H and O–H groups in total. The van der Waals surface area contributed by atoms with Gasteiger partial charge >= 0.3 is 0 Å². The van der Waals surface area contributed by atoms with Gasteiger partial charge in [0.2, 0.25) is 0 Å². The molecule has 0 atom stereocenters. The van der Waals surface area contributed by atoms with E-state index in [1.165, 1.54) is 0 Å².